The molecule has 2 heterocycles. The van der Waals surface area contributed by atoms with Gasteiger partial charge >= 0.3 is 15.5 Å². The van der Waals surface area contributed by atoms with Gasteiger partial charge in [0.15, 0.2) is 0 Å². The maximum atomic E-state index is 12.5. The molecule has 0 N–H and O–H groups in total. The molecule has 0 spiro atoms. The lowest BCUT2D eigenvalue weighted by molar-refractivity contribution is -0.0439. The van der Waals surface area contributed by atoms with Gasteiger partial charge in [-0.2, -0.15) is 21.6 Å². The van der Waals surface area contributed by atoms with E-state index in [4.69, 9.17) is 0 Å². The van der Waals surface area contributed by atoms with Crippen LogP contribution in [0, 0.1) is 0 Å². The van der Waals surface area contributed by atoms with Crippen LogP contribution < -0.4 is 4.31 Å². The number of hydrogen-bond acceptors (Lipinski definition) is 3. The lowest BCUT2D eigenvalue weighted by Crippen LogP contribution is -2.44. The maximum Gasteiger partial charge on any atom is 0.516 e. The zero-order chi connectivity index (χ0) is 12.8. The summed E-state index contributed by atoms with van der Waals surface area (Å²) < 4.78 is 60.6. The maximum absolute atomic E-state index is 12.5. The molecular weight excluding hydrogens is 257 g/mol. The van der Waals surface area contributed by atoms with Crippen molar-refractivity contribution in [3.05, 3.63) is 23.9 Å². The first kappa shape index (κ1) is 12.2. The van der Waals surface area contributed by atoms with E-state index in [9.17, 15) is 21.6 Å². The Kier molecular flexibility index (Phi) is 2.57. The third-order valence-electron chi connectivity index (χ3n) is 2.54. The first-order valence-corrected chi connectivity index (χ1v) is 6.24. The number of fused-ring (bicyclic) bond motifs is 1. The molecule has 17 heavy (non-hydrogen) atoms. The number of hydrogen-bond donors (Lipinski definition) is 0. The van der Waals surface area contributed by atoms with Crippen molar-refractivity contribution >= 4 is 15.8 Å². The fourth-order valence-electron chi connectivity index (χ4n) is 1.86. The summed E-state index contributed by atoms with van der Waals surface area (Å²) in [5.41, 5.74) is -4.80. The van der Waals surface area contributed by atoms with Crippen LogP contribution in [0.4, 0.5) is 19.0 Å². The van der Waals surface area contributed by atoms with Gasteiger partial charge in [0.25, 0.3) is 0 Å². The lowest BCUT2D eigenvalue weighted by Gasteiger charge is -2.24. The number of aromatic nitrogens is 1. The molecular formula is C9H9F3N2O2S. The van der Waals surface area contributed by atoms with Crippen molar-refractivity contribution in [1.29, 1.82) is 0 Å². The highest BCUT2D eigenvalue weighted by Crippen LogP contribution is 2.37. The number of alkyl halides is 3. The van der Waals surface area contributed by atoms with Crippen molar-refractivity contribution in [3.8, 4) is 0 Å². The van der Waals surface area contributed by atoms with Gasteiger partial charge in [-0.3, -0.25) is 0 Å². The van der Waals surface area contributed by atoms with Crippen LogP contribution in [-0.2, 0) is 16.4 Å². The Morgan fingerprint density at radius 3 is 2.71 bits per heavy atom. The van der Waals surface area contributed by atoms with Gasteiger partial charge in [0, 0.05) is 12.2 Å². The van der Waals surface area contributed by atoms with Gasteiger partial charge in [0.1, 0.15) is 5.82 Å². The molecule has 0 radical (unpaired) electrons. The lowest BCUT2D eigenvalue weighted by atomic mass is 10.2. The van der Waals surface area contributed by atoms with E-state index in [-0.39, 0.29) is 12.2 Å². The quantitative estimate of drug-likeness (QED) is 0.777. The Hall–Kier alpha value is -1.31. The number of pyridine rings is 1. The molecule has 0 bridgehead atoms. The minimum absolute atomic E-state index is 0.127. The predicted molar refractivity (Wildman–Crippen MR) is 54.9 cm³/mol. The summed E-state index contributed by atoms with van der Waals surface area (Å²) in [7, 11) is -5.37. The van der Waals surface area contributed by atoms with Crippen LogP contribution >= 0.6 is 0 Å². The molecule has 0 saturated heterocycles. The van der Waals surface area contributed by atoms with Crippen molar-refractivity contribution in [2.45, 2.75) is 24.9 Å². The average Bonchev–Trinajstić information content (AvgIpc) is 2.51. The molecule has 0 saturated carbocycles. The van der Waals surface area contributed by atoms with Gasteiger partial charge in [-0.05, 0) is 25.0 Å². The second kappa shape index (κ2) is 3.59. The highest BCUT2D eigenvalue weighted by Gasteiger charge is 2.53. The first-order valence-electron chi connectivity index (χ1n) is 4.80. The zero-order valence-corrected chi connectivity index (χ0v) is 9.59. The zero-order valence-electron chi connectivity index (χ0n) is 8.77. The van der Waals surface area contributed by atoms with Crippen LogP contribution in [0.15, 0.2) is 18.3 Å². The molecule has 0 aromatic carbocycles. The largest absolute Gasteiger partial charge is 0.516 e. The molecule has 1 aliphatic heterocycles. The predicted octanol–water partition coefficient (Wildman–Crippen LogP) is 1.68. The van der Waals surface area contributed by atoms with Gasteiger partial charge in [0.2, 0.25) is 0 Å². The van der Waals surface area contributed by atoms with E-state index in [2.05, 4.69) is 4.98 Å². The SMILES string of the molecule is C[C@@H]1Cc2cccnc2N1S(=O)(=O)C(F)(F)F. The van der Waals surface area contributed by atoms with Gasteiger partial charge < -0.3 is 0 Å². The van der Waals surface area contributed by atoms with Crippen LogP contribution in [-0.4, -0.2) is 25.0 Å². The molecule has 2 rings (SSSR count). The third-order valence-corrected chi connectivity index (χ3v) is 4.18. The fourth-order valence-corrected chi connectivity index (χ4v) is 3.02. The van der Waals surface area contributed by atoms with Crippen LogP contribution in [0.3, 0.4) is 0 Å². The number of halogens is 3. The second-order valence-electron chi connectivity index (χ2n) is 3.79. The summed E-state index contributed by atoms with van der Waals surface area (Å²) in [5, 5.41) is 0. The molecule has 0 unspecified atom stereocenters. The van der Waals surface area contributed by atoms with Gasteiger partial charge in [0.05, 0.1) is 0 Å². The monoisotopic (exact) mass is 266 g/mol. The molecule has 0 aliphatic carbocycles. The Labute approximate surface area is 96.1 Å². The van der Waals surface area contributed by atoms with E-state index in [1.807, 2.05) is 0 Å². The normalized spacial score (nSPS) is 20.5. The van der Waals surface area contributed by atoms with Gasteiger partial charge in [-0.1, -0.05) is 6.07 Å². The van der Waals surface area contributed by atoms with E-state index in [1.54, 1.807) is 12.1 Å². The summed E-state index contributed by atoms with van der Waals surface area (Å²) in [5.74, 6) is -0.127. The van der Waals surface area contributed by atoms with E-state index >= 15 is 0 Å². The topological polar surface area (TPSA) is 50.3 Å². The van der Waals surface area contributed by atoms with E-state index in [0.29, 0.717) is 9.87 Å². The van der Waals surface area contributed by atoms with Crippen LogP contribution in [0.5, 0.6) is 0 Å². The van der Waals surface area contributed by atoms with E-state index < -0.39 is 21.6 Å². The molecule has 1 atom stereocenters. The molecule has 1 aliphatic rings. The average molecular weight is 266 g/mol. The van der Waals surface area contributed by atoms with Crippen molar-refractivity contribution in [2.24, 2.45) is 0 Å². The Bertz CT molecular complexity index is 541. The highest BCUT2D eigenvalue weighted by molar-refractivity contribution is 7.93. The number of rotatable bonds is 1. The summed E-state index contributed by atoms with van der Waals surface area (Å²) in [4.78, 5) is 3.72. The molecule has 1 aromatic rings. The van der Waals surface area contributed by atoms with Crippen molar-refractivity contribution in [1.82, 2.24) is 4.98 Å². The minimum Gasteiger partial charge on any atom is -0.243 e. The molecule has 4 nitrogen and oxygen atoms in total. The molecule has 0 fully saturated rings. The van der Waals surface area contributed by atoms with Crippen molar-refractivity contribution in [2.75, 3.05) is 4.31 Å². The van der Waals surface area contributed by atoms with Crippen molar-refractivity contribution < 1.29 is 21.6 Å². The summed E-state index contributed by atoms with van der Waals surface area (Å²) in [6, 6.07) is 2.37. The molecule has 1 aromatic heterocycles. The first-order chi connectivity index (χ1) is 7.75. The summed E-state index contributed by atoms with van der Waals surface area (Å²) in [6.07, 6.45) is 1.51. The van der Waals surface area contributed by atoms with E-state index in [1.165, 1.54) is 13.1 Å². The number of anilines is 1. The smallest absolute Gasteiger partial charge is 0.243 e. The van der Waals surface area contributed by atoms with Crippen LogP contribution in [0.2, 0.25) is 0 Å². The number of sulfonamides is 1. The Morgan fingerprint density at radius 2 is 2.12 bits per heavy atom. The minimum atomic E-state index is -5.37. The molecule has 0 amide bonds. The number of nitrogens with zero attached hydrogens (tertiary/aromatic N) is 2. The fraction of sp³-hybridized carbons (Fsp3) is 0.444. The van der Waals surface area contributed by atoms with Crippen LogP contribution in [0.1, 0.15) is 12.5 Å². The summed E-state index contributed by atoms with van der Waals surface area (Å²) >= 11 is 0. The van der Waals surface area contributed by atoms with Crippen LogP contribution in [0.25, 0.3) is 0 Å². The standard InChI is InChI=1S/C9H9F3N2O2S/c1-6-5-7-3-2-4-13-8(7)14(6)17(15,16)9(10,11)12/h2-4,6H,5H2,1H3/t6-/m1/s1. The Balaban J connectivity index is 2.55. The molecule has 8 heteroatoms. The van der Waals surface area contributed by atoms with Gasteiger partial charge in [-0.25, -0.2) is 9.29 Å². The molecule has 94 valence electrons. The van der Waals surface area contributed by atoms with Gasteiger partial charge in [-0.15, -0.1) is 0 Å². The highest BCUT2D eigenvalue weighted by atomic mass is 32.2. The van der Waals surface area contributed by atoms with Crippen molar-refractivity contribution in [3.63, 3.8) is 0 Å². The third kappa shape index (κ3) is 1.76. The Morgan fingerprint density at radius 1 is 1.47 bits per heavy atom. The summed E-state index contributed by atoms with van der Waals surface area (Å²) in [6.45, 7) is 1.42. The van der Waals surface area contributed by atoms with E-state index in [0.717, 1.165) is 0 Å². The second-order valence-corrected chi connectivity index (χ2v) is 5.59.